The Morgan fingerprint density at radius 1 is 1.14 bits per heavy atom. The zero-order valence-corrected chi connectivity index (χ0v) is 21.0. The van der Waals surface area contributed by atoms with Crippen molar-refractivity contribution >= 4 is 45.9 Å². The summed E-state index contributed by atoms with van der Waals surface area (Å²) in [5, 5.41) is 0.380. The largest absolute Gasteiger partial charge is 0.433 e. The van der Waals surface area contributed by atoms with Gasteiger partial charge in [-0.2, -0.15) is 13.2 Å². The molecule has 10 heteroatoms. The zero-order chi connectivity index (χ0) is 25.7. The number of alkyl halides is 3. The Kier molecular flexibility index (Phi) is 6.90. The van der Waals surface area contributed by atoms with Crippen LogP contribution in [0, 0.1) is 12.8 Å². The number of rotatable bonds is 4. The second-order valence-corrected chi connectivity index (χ2v) is 9.69. The maximum atomic E-state index is 13.5. The molecule has 0 bridgehead atoms. The fourth-order valence-corrected chi connectivity index (χ4v) is 5.20. The predicted molar refractivity (Wildman–Crippen MR) is 129 cm³/mol. The van der Waals surface area contributed by atoms with Crippen molar-refractivity contribution in [2.24, 2.45) is 13.0 Å². The SMILES string of the molecule is CCC1CCN(C(=O)c2ccc(Cl)c(C(=O)c3cc4c(C)cc(C(F)(F)F)nc4n3C)c2Cl)CC1. The summed E-state index contributed by atoms with van der Waals surface area (Å²) < 4.78 is 41.1. The molecule has 1 aromatic carbocycles. The monoisotopic (exact) mass is 525 g/mol. The van der Waals surface area contributed by atoms with Gasteiger partial charge in [0.2, 0.25) is 5.78 Å². The minimum absolute atomic E-state index is 0.0129. The number of hydrogen-bond donors (Lipinski definition) is 0. The van der Waals surface area contributed by atoms with Crippen molar-refractivity contribution in [2.45, 2.75) is 39.3 Å². The quantitative estimate of drug-likeness (QED) is 0.356. The minimum Gasteiger partial charge on any atom is -0.339 e. The number of fused-ring (bicyclic) bond motifs is 1. The summed E-state index contributed by atoms with van der Waals surface area (Å²) in [6.07, 6.45) is -1.75. The van der Waals surface area contributed by atoms with Crippen LogP contribution < -0.4 is 0 Å². The number of benzene rings is 1. The third-order valence-corrected chi connectivity index (χ3v) is 7.46. The lowest BCUT2D eigenvalue weighted by molar-refractivity contribution is -0.141. The summed E-state index contributed by atoms with van der Waals surface area (Å²) in [4.78, 5) is 32.2. The van der Waals surface area contributed by atoms with E-state index in [4.69, 9.17) is 23.2 Å². The topological polar surface area (TPSA) is 55.2 Å². The molecule has 1 amide bonds. The highest BCUT2D eigenvalue weighted by atomic mass is 35.5. The average Bonchev–Trinajstić information content (AvgIpc) is 3.15. The molecule has 0 unspecified atom stereocenters. The van der Waals surface area contributed by atoms with Gasteiger partial charge >= 0.3 is 6.18 Å². The van der Waals surface area contributed by atoms with Crippen LogP contribution in [0.1, 0.15) is 63.9 Å². The summed E-state index contributed by atoms with van der Waals surface area (Å²) in [7, 11) is 1.46. The lowest BCUT2D eigenvalue weighted by atomic mass is 9.94. The van der Waals surface area contributed by atoms with Crippen LogP contribution in [0.2, 0.25) is 10.0 Å². The number of amides is 1. The van der Waals surface area contributed by atoms with Crippen molar-refractivity contribution in [3.05, 3.63) is 62.4 Å². The molecule has 5 nitrogen and oxygen atoms in total. The second-order valence-electron chi connectivity index (χ2n) is 8.90. The number of pyridine rings is 1. The fourth-order valence-electron chi connectivity index (χ4n) is 4.58. The molecule has 0 atom stereocenters. The molecule has 0 radical (unpaired) electrons. The van der Waals surface area contributed by atoms with Gasteiger partial charge in [-0.1, -0.05) is 36.5 Å². The highest BCUT2D eigenvalue weighted by Gasteiger charge is 2.34. The second kappa shape index (κ2) is 9.47. The Hall–Kier alpha value is -2.58. The highest BCUT2D eigenvalue weighted by Crippen LogP contribution is 2.35. The smallest absolute Gasteiger partial charge is 0.339 e. The van der Waals surface area contributed by atoms with E-state index in [1.54, 1.807) is 4.90 Å². The summed E-state index contributed by atoms with van der Waals surface area (Å²) in [5.74, 6) is -0.300. The Bertz CT molecular complexity index is 1330. The van der Waals surface area contributed by atoms with Crippen LogP contribution in [0.25, 0.3) is 11.0 Å². The molecule has 1 saturated heterocycles. The van der Waals surface area contributed by atoms with Crippen LogP contribution in [-0.4, -0.2) is 39.2 Å². The Morgan fingerprint density at radius 3 is 2.40 bits per heavy atom. The molecule has 3 heterocycles. The average molecular weight is 526 g/mol. The van der Waals surface area contributed by atoms with Gasteiger partial charge in [0, 0.05) is 25.5 Å². The van der Waals surface area contributed by atoms with Crippen LogP contribution >= 0.6 is 23.2 Å². The summed E-state index contributed by atoms with van der Waals surface area (Å²) >= 11 is 12.9. The number of nitrogens with zero attached hydrogens (tertiary/aromatic N) is 3. The first-order valence-corrected chi connectivity index (χ1v) is 12.1. The maximum Gasteiger partial charge on any atom is 0.433 e. The molecule has 1 aliphatic heterocycles. The molecule has 1 fully saturated rings. The van der Waals surface area contributed by atoms with E-state index in [-0.39, 0.29) is 38.4 Å². The van der Waals surface area contributed by atoms with E-state index in [0.717, 1.165) is 25.3 Å². The number of carbonyl (C=O) groups is 2. The van der Waals surface area contributed by atoms with E-state index in [9.17, 15) is 22.8 Å². The van der Waals surface area contributed by atoms with Gasteiger partial charge in [-0.3, -0.25) is 9.59 Å². The third kappa shape index (κ3) is 4.66. The van der Waals surface area contributed by atoms with Crippen LogP contribution in [0.4, 0.5) is 13.2 Å². The fraction of sp³-hybridized carbons (Fsp3) is 0.400. The van der Waals surface area contributed by atoms with Gasteiger partial charge in [-0.25, -0.2) is 4.98 Å². The van der Waals surface area contributed by atoms with Gasteiger partial charge in [0.25, 0.3) is 5.91 Å². The number of halogens is 5. The molecule has 4 rings (SSSR count). The molecule has 0 saturated carbocycles. The number of aromatic nitrogens is 2. The van der Waals surface area contributed by atoms with E-state index in [1.165, 1.54) is 36.7 Å². The van der Waals surface area contributed by atoms with Crippen molar-refractivity contribution in [3.63, 3.8) is 0 Å². The lowest BCUT2D eigenvalue weighted by Gasteiger charge is -2.32. The molecular formula is C25H24Cl2F3N3O2. The first kappa shape index (κ1) is 25.5. The molecule has 0 spiro atoms. The van der Waals surface area contributed by atoms with Gasteiger partial charge in [0.05, 0.1) is 26.9 Å². The molecule has 35 heavy (non-hydrogen) atoms. The number of aryl methyl sites for hydroxylation is 2. The molecule has 0 N–H and O–H groups in total. The standard InChI is InChI=1S/C25H24Cl2F3N3O2/c1-4-14-7-9-33(10-8-14)24(35)15-5-6-17(26)20(21(15)27)22(34)18-12-16-13(2)11-19(25(28,29)30)31-23(16)32(18)3/h5-6,11-12,14H,4,7-10H2,1-3H3. The van der Waals surface area contributed by atoms with Crippen LogP contribution in [0.5, 0.6) is 0 Å². The summed E-state index contributed by atoms with van der Waals surface area (Å²) in [6, 6.07) is 5.35. The van der Waals surface area contributed by atoms with E-state index in [1.807, 2.05) is 0 Å². The van der Waals surface area contributed by atoms with Gasteiger partial charge in [0.1, 0.15) is 11.3 Å². The van der Waals surface area contributed by atoms with Crippen molar-refractivity contribution < 1.29 is 22.8 Å². The number of ketones is 1. The Labute approximate surface area is 210 Å². The molecule has 3 aromatic rings. The maximum absolute atomic E-state index is 13.5. The summed E-state index contributed by atoms with van der Waals surface area (Å²) in [5.41, 5.74) is -0.540. The van der Waals surface area contributed by atoms with E-state index in [0.29, 0.717) is 30.0 Å². The number of likely N-dealkylation sites (tertiary alicyclic amines) is 1. The van der Waals surface area contributed by atoms with Crippen LogP contribution in [-0.2, 0) is 13.2 Å². The molecule has 2 aromatic heterocycles. The van der Waals surface area contributed by atoms with E-state index >= 15 is 0 Å². The molecular weight excluding hydrogens is 502 g/mol. The van der Waals surface area contributed by atoms with Gasteiger partial charge in [0.15, 0.2) is 0 Å². The highest BCUT2D eigenvalue weighted by molar-refractivity contribution is 6.42. The molecule has 186 valence electrons. The van der Waals surface area contributed by atoms with Crippen molar-refractivity contribution in [1.29, 1.82) is 0 Å². The first-order valence-electron chi connectivity index (χ1n) is 11.3. The molecule has 0 aliphatic carbocycles. The summed E-state index contributed by atoms with van der Waals surface area (Å²) in [6.45, 7) is 4.86. The Morgan fingerprint density at radius 2 is 1.80 bits per heavy atom. The third-order valence-electron chi connectivity index (χ3n) is 6.76. The predicted octanol–water partition coefficient (Wildman–Crippen LogP) is 6.70. The van der Waals surface area contributed by atoms with Crippen LogP contribution in [0.15, 0.2) is 24.3 Å². The van der Waals surface area contributed by atoms with Crippen molar-refractivity contribution in [2.75, 3.05) is 13.1 Å². The van der Waals surface area contributed by atoms with E-state index in [2.05, 4.69) is 11.9 Å². The normalized spacial score (nSPS) is 15.1. The van der Waals surface area contributed by atoms with Gasteiger partial charge in [-0.05, 0) is 55.5 Å². The van der Waals surface area contributed by atoms with Crippen molar-refractivity contribution in [3.8, 4) is 0 Å². The molecule has 1 aliphatic rings. The lowest BCUT2D eigenvalue weighted by Crippen LogP contribution is -2.38. The zero-order valence-electron chi connectivity index (χ0n) is 19.5. The van der Waals surface area contributed by atoms with Gasteiger partial charge in [-0.15, -0.1) is 0 Å². The first-order chi connectivity index (χ1) is 16.4. The number of piperidine rings is 1. The number of carbonyl (C=O) groups excluding carboxylic acids is 2. The Balaban J connectivity index is 1.74. The van der Waals surface area contributed by atoms with Crippen LogP contribution in [0.3, 0.4) is 0 Å². The van der Waals surface area contributed by atoms with Gasteiger partial charge < -0.3 is 9.47 Å². The van der Waals surface area contributed by atoms with E-state index < -0.39 is 17.7 Å². The van der Waals surface area contributed by atoms with Crippen molar-refractivity contribution in [1.82, 2.24) is 14.5 Å². The number of hydrogen-bond acceptors (Lipinski definition) is 3. The minimum atomic E-state index is -4.62.